The first kappa shape index (κ1) is 19.5. The molecule has 0 unspecified atom stereocenters. The minimum Gasteiger partial charge on any atom is -0.399 e. The monoisotopic (exact) mass is 350 g/mol. The maximum Gasteiger partial charge on any atom is 0.494 e. The zero-order chi connectivity index (χ0) is 19.5. The zero-order valence-corrected chi connectivity index (χ0v) is 15.1. The molecule has 1 saturated heterocycles. The predicted molar refractivity (Wildman–Crippen MR) is 95.6 cm³/mol. The summed E-state index contributed by atoms with van der Waals surface area (Å²) in [6, 6.07) is 10.2. The topological polar surface area (TPSA) is 122 Å². The number of nitrogens with zero attached hydrogens (tertiary/aromatic N) is 3. The van der Waals surface area contributed by atoms with Gasteiger partial charge in [-0.25, -0.2) is 0 Å². The van der Waals surface area contributed by atoms with Gasteiger partial charge in [0.1, 0.15) is 23.9 Å². The molecule has 132 valence electrons. The predicted octanol–water partition coefficient (Wildman–Crippen LogP) is 1.71. The summed E-state index contributed by atoms with van der Waals surface area (Å²) in [6.45, 7) is 7.50. The van der Waals surface area contributed by atoms with E-state index in [0.29, 0.717) is 11.3 Å². The normalized spacial score (nSPS) is 16.9. The first-order valence-electron chi connectivity index (χ1n) is 8.00. The van der Waals surface area contributed by atoms with E-state index < -0.39 is 18.3 Å². The van der Waals surface area contributed by atoms with Gasteiger partial charge in [-0.3, -0.25) is 0 Å². The lowest BCUT2D eigenvalue weighted by atomic mass is 9.78. The van der Waals surface area contributed by atoms with Crippen LogP contribution in [0, 0.1) is 34.0 Å². The van der Waals surface area contributed by atoms with Crippen LogP contribution in [0.2, 0.25) is 0 Å². The van der Waals surface area contributed by atoms with Gasteiger partial charge in [-0.15, -0.1) is 0 Å². The van der Waals surface area contributed by atoms with E-state index in [-0.39, 0.29) is 17.9 Å². The summed E-state index contributed by atoms with van der Waals surface area (Å²) in [5, 5.41) is 39.4. The van der Waals surface area contributed by atoms with Gasteiger partial charge in [-0.2, -0.15) is 15.8 Å². The van der Waals surface area contributed by atoms with Crippen LogP contribution >= 0.6 is 0 Å². The van der Waals surface area contributed by atoms with Crippen molar-refractivity contribution in [3.63, 3.8) is 0 Å². The molecule has 0 aliphatic carbocycles. The highest BCUT2D eigenvalue weighted by molar-refractivity contribution is 6.62. The average molecular weight is 350 g/mol. The Morgan fingerprint density at radius 3 is 2.12 bits per heavy atom. The minimum absolute atomic E-state index is 0.173. The Morgan fingerprint density at radius 1 is 1.08 bits per heavy atom. The van der Waals surface area contributed by atoms with Gasteiger partial charge in [-0.05, 0) is 39.2 Å². The number of hydrogen-bond acceptors (Lipinski definition) is 7. The van der Waals surface area contributed by atoms with Crippen LogP contribution in [0.5, 0.6) is 0 Å². The van der Waals surface area contributed by atoms with E-state index in [4.69, 9.17) is 25.1 Å². The lowest BCUT2D eigenvalue weighted by Gasteiger charge is -2.32. The van der Waals surface area contributed by atoms with Gasteiger partial charge in [0, 0.05) is 11.3 Å². The number of nitrogens with one attached hydrogen (secondary N) is 1. The Bertz CT molecular complexity index is 840. The fourth-order valence-electron chi connectivity index (χ4n) is 2.41. The number of hydrogen-bond donors (Lipinski definition) is 2. The number of rotatable bonds is 4. The summed E-state index contributed by atoms with van der Waals surface area (Å²) in [4.78, 5) is 0. The quantitative estimate of drug-likeness (QED) is 0.626. The second-order valence-corrected chi connectivity index (χ2v) is 6.87. The lowest BCUT2D eigenvalue weighted by molar-refractivity contribution is 0.00578. The molecule has 1 aliphatic heterocycles. The van der Waals surface area contributed by atoms with Crippen molar-refractivity contribution in [1.29, 1.82) is 15.8 Å². The molecule has 1 fully saturated rings. The van der Waals surface area contributed by atoms with Gasteiger partial charge in [0.25, 0.3) is 0 Å². The van der Waals surface area contributed by atoms with Crippen molar-refractivity contribution in [2.45, 2.75) is 45.5 Å². The standard InChI is InChI=1S/C18H19BN4O3/c1-17(2)18(3,4)26-19(25-17)14-5-6-15(12(7-14)11-24)23-16(10-22)13(8-20)9-21/h5-7,23-24H,11H2,1-4H3. The van der Waals surface area contributed by atoms with Gasteiger partial charge < -0.3 is 19.7 Å². The molecule has 8 heteroatoms. The van der Waals surface area contributed by atoms with E-state index in [1.54, 1.807) is 36.4 Å². The molecule has 0 spiro atoms. The maximum atomic E-state index is 9.68. The number of benzene rings is 1. The summed E-state index contributed by atoms with van der Waals surface area (Å²) in [5.41, 5.74) is 0.159. The average Bonchev–Trinajstić information content (AvgIpc) is 2.82. The van der Waals surface area contributed by atoms with E-state index in [1.807, 2.05) is 27.7 Å². The fourth-order valence-corrected chi connectivity index (χ4v) is 2.41. The van der Waals surface area contributed by atoms with E-state index in [2.05, 4.69) is 5.32 Å². The van der Waals surface area contributed by atoms with Crippen molar-refractivity contribution >= 4 is 18.3 Å². The van der Waals surface area contributed by atoms with Crippen molar-refractivity contribution in [2.24, 2.45) is 0 Å². The number of aliphatic hydroxyl groups is 1. The molecule has 0 amide bonds. The van der Waals surface area contributed by atoms with Crippen LogP contribution in [0.4, 0.5) is 5.69 Å². The van der Waals surface area contributed by atoms with Gasteiger partial charge in [0.05, 0.1) is 17.8 Å². The summed E-state index contributed by atoms with van der Waals surface area (Å²) >= 11 is 0. The van der Waals surface area contributed by atoms with Crippen LogP contribution < -0.4 is 10.8 Å². The molecule has 0 saturated carbocycles. The lowest BCUT2D eigenvalue weighted by Crippen LogP contribution is -2.41. The van der Waals surface area contributed by atoms with Crippen LogP contribution in [-0.2, 0) is 15.9 Å². The highest BCUT2D eigenvalue weighted by Crippen LogP contribution is 2.36. The van der Waals surface area contributed by atoms with E-state index in [9.17, 15) is 5.11 Å². The van der Waals surface area contributed by atoms with Gasteiger partial charge in [-0.1, -0.05) is 12.1 Å². The molecule has 2 N–H and O–H groups in total. The molecule has 0 radical (unpaired) electrons. The van der Waals surface area contributed by atoms with Crippen molar-refractivity contribution in [3.05, 3.63) is 35.0 Å². The van der Waals surface area contributed by atoms with E-state index in [0.717, 1.165) is 5.46 Å². The molecule has 7 nitrogen and oxygen atoms in total. The third-order valence-corrected chi connectivity index (χ3v) is 4.67. The molecule has 1 aromatic rings. The molecule has 1 aromatic carbocycles. The molecule has 1 heterocycles. The third kappa shape index (κ3) is 3.56. The van der Waals surface area contributed by atoms with Crippen LogP contribution in [0.15, 0.2) is 29.5 Å². The van der Waals surface area contributed by atoms with E-state index >= 15 is 0 Å². The van der Waals surface area contributed by atoms with Crippen molar-refractivity contribution in [3.8, 4) is 18.2 Å². The number of allylic oxidation sites excluding steroid dienone is 2. The molecule has 1 aliphatic rings. The Labute approximate surface area is 153 Å². The molecule has 0 bridgehead atoms. The molecule has 0 aromatic heterocycles. The number of nitriles is 3. The smallest absolute Gasteiger partial charge is 0.399 e. The first-order valence-corrected chi connectivity index (χ1v) is 8.00. The Balaban J connectivity index is 2.36. The Hall–Kier alpha value is -2.83. The molecular weight excluding hydrogens is 331 g/mol. The number of anilines is 1. The molecule has 26 heavy (non-hydrogen) atoms. The summed E-state index contributed by atoms with van der Waals surface area (Å²) in [5.74, 6) is 0. The SMILES string of the molecule is CC1(C)OB(c2ccc(NC(C#N)=C(C#N)C#N)c(CO)c2)OC1(C)C. The van der Waals surface area contributed by atoms with E-state index in [1.165, 1.54) is 0 Å². The van der Waals surface area contributed by atoms with Gasteiger partial charge in [0.2, 0.25) is 0 Å². The first-order chi connectivity index (χ1) is 12.2. The third-order valence-electron chi connectivity index (χ3n) is 4.67. The molecule has 0 atom stereocenters. The number of aliphatic hydroxyl groups excluding tert-OH is 1. The highest BCUT2D eigenvalue weighted by atomic mass is 16.7. The highest BCUT2D eigenvalue weighted by Gasteiger charge is 2.51. The second kappa shape index (κ2) is 7.19. The summed E-state index contributed by atoms with van der Waals surface area (Å²) < 4.78 is 12.0. The largest absolute Gasteiger partial charge is 0.494 e. The summed E-state index contributed by atoms with van der Waals surface area (Å²) in [6.07, 6.45) is 0. The maximum absolute atomic E-state index is 9.68. The Kier molecular flexibility index (Phi) is 5.40. The fraction of sp³-hybridized carbons (Fsp3) is 0.389. The molecular formula is C18H19BN4O3. The van der Waals surface area contributed by atoms with Crippen LogP contribution in [0.1, 0.15) is 33.3 Å². The van der Waals surface area contributed by atoms with Crippen molar-refractivity contribution in [2.75, 3.05) is 5.32 Å². The van der Waals surface area contributed by atoms with Crippen LogP contribution in [0.25, 0.3) is 0 Å². The van der Waals surface area contributed by atoms with Crippen molar-refractivity contribution in [1.82, 2.24) is 0 Å². The Morgan fingerprint density at radius 2 is 1.65 bits per heavy atom. The minimum atomic E-state index is -0.584. The van der Waals surface area contributed by atoms with Gasteiger partial charge >= 0.3 is 7.12 Å². The van der Waals surface area contributed by atoms with Crippen molar-refractivity contribution < 1.29 is 14.4 Å². The zero-order valence-electron chi connectivity index (χ0n) is 15.1. The van der Waals surface area contributed by atoms with Gasteiger partial charge in [0.15, 0.2) is 5.57 Å². The second-order valence-electron chi connectivity index (χ2n) is 6.87. The molecule has 2 rings (SSSR count). The van der Waals surface area contributed by atoms with Crippen LogP contribution in [0.3, 0.4) is 0 Å². The van der Waals surface area contributed by atoms with Crippen LogP contribution in [-0.4, -0.2) is 23.4 Å². The summed E-state index contributed by atoms with van der Waals surface area (Å²) in [7, 11) is -0.584.